The fraction of sp³-hybridized carbons (Fsp3) is 0.653. The number of para-hydroxylation sites is 2. The van der Waals surface area contributed by atoms with Gasteiger partial charge in [0.15, 0.2) is 23.2 Å². The number of hydroxylamine groups is 3. The van der Waals surface area contributed by atoms with Crippen LogP contribution in [-0.4, -0.2) is 100 Å². The standard InChI is InChI=1S/C24H36BrNO5Si.C14H16BrNO3.C11H24O2Si/c1-15-20-19(14-29-32(5,6)24(2,3)4)31-26(21(20)23(27)30-15)12-17-8-7-9-18(25)22(17)28-13-16-10-11-16;1-10(17)7-16(18)8-12-3-2-4-13(15)14(12)19-9-11-5-6-11;1-10(12)8-7-9-13-14(5,6)11(2,3)4/h7-9,15-16,19-21H,10-14H2,1-6H3;2-4,7,11H,5-6,8-9H2,1H3;7-8,10,12H,9H2,1-6H3/b;16-7-;8-7-/t15-,19-,20+,21-;;10-/m0.0/s1. The Morgan fingerprint density at radius 1 is 0.892 bits per heavy atom. The normalized spacial score (nSPS) is 22.1. The molecule has 0 bridgehead atoms. The first-order chi connectivity index (χ1) is 30.2. The quantitative estimate of drug-likeness (QED) is 0.0290. The highest BCUT2D eigenvalue weighted by Gasteiger charge is 2.57. The van der Waals surface area contributed by atoms with Crippen molar-refractivity contribution < 1.29 is 47.3 Å². The van der Waals surface area contributed by atoms with Gasteiger partial charge < -0.3 is 33.4 Å². The van der Waals surface area contributed by atoms with Gasteiger partial charge >= 0.3 is 5.97 Å². The number of Topliss-reactive ketones (excluding diaryl/α,β-unsaturated/α-hetero) is 1. The fourth-order valence-corrected chi connectivity index (χ4v) is 9.62. The number of carbonyl (C=O) groups excluding carboxylic acids is 2. The van der Waals surface area contributed by atoms with Gasteiger partial charge in [-0.3, -0.25) is 14.4 Å². The maximum Gasteiger partial charge on any atom is 0.326 e. The molecule has 1 N–H and O–H groups in total. The number of aliphatic hydroxyl groups is 1. The topological polar surface area (TPSA) is 139 Å². The molecule has 2 saturated carbocycles. The lowest BCUT2D eigenvalue weighted by atomic mass is 9.93. The fourth-order valence-electron chi connectivity index (χ4n) is 6.61. The van der Waals surface area contributed by atoms with Crippen molar-refractivity contribution in [3.8, 4) is 11.5 Å². The molecule has 65 heavy (non-hydrogen) atoms. The number of halogens is 2. The molecule has 2 saturated heterocycles. The largest absolute Gasteiger partial charge is 0.623 e. The molecule has 2 aliphatic carbocycles. The second-order valence-corrected chi connectivity index (χ2v) is 32.3. The van der Waals surface area contributed by atoms with Gasteiger partial charge in [-0.2, -0.15) is 5.06 Å². The summed E-state index contributed by atoms with van der Waals surface area (Å²) in [6, 6.07) is 11.2. The summed E-state index contributed by atoms with van der Waals surface area (Å²) in [6.07, 6.45) is 8.81. The Kier molecular flexibility index (Phi) is 20.2. The molecule has 5 atom stereocenters. The molecule has 0 spiro atoms. The van der Waals surface area contributed by atoms with E-state index < -0.39 is 22.7 Å². The zero-order valence-electron chi connectivity index (χ0n) is 41.1. The van der Waals surface area contributed by atoms with Crippen molar-refractivity contribution in [3.05, 3.63) is 73.8 Å². The number of hydrogen-bond acceptors (Lipinski definition) is 11. The number of fused-ring (bicyclic) bond motifs is 1. The second kappa shape index (κ2) is 23.7. The van der Waals surface area contributed by atoms with Gasteiger partial charge in [0.05, 0.1) is 59.5 Å². The Morgan fingerprint density at radius 2 is 1.40 bits per heavy atom. The molecule has 6 rings (SSSR count). The van der Waals surface area contributed by atoms with Crippen LogP contribution in [0.25, 0.3) is 0 Å². The third-order valence-corrected chi connectivity index (χ3v) is 23.3. The van der Waals surface area contributed by atoms with E-state index in [1.165, 1.54) is 32.6 Å². The molecule has 4 fully saturated rings. The summed E-state index contributed by atoms with van der Waals surface area (Å²) < 4.78 is 32.3. The van der Waals surface area contributed by atoms with E-state index in [0.29, 0.717) is 48.7 Å². The Labute approximate surface area is 407 Å². The number of ketones is 1. The SMILES string of the molecule is CC(=O)/C=[N+](\[O-])Cc1cccc(Br)c1OCC1CC1.C[C@@H]1OC(=O)[C@@H]2[C@H]1[C@H](CO[Si](C)(C)C(C)(C)C)ON2Cc1cccc(Br)c1OCC1CC1.C[C@H](O)/C=C\CO[Si](C)(C)C(C)(C)C. The average Bonchev–Trinajstić information content (AvgIpc) is 4.12. The zero-order valence-corrected chi connectivity index (χ0v) is 46.3. The van der Waals surface area contributed by atoms with Gasteiger partial charge in [-0.1, -0.05) is 71.9 Å². The third-order valence-electron chi connectivity index (χ3n) is 13.0. The Balaban J connectivity index is 0.000000238. The van der Waals surface area contributed by atoms with Gasteiger partial charge in [0.1, 0.15) is 29.7 Å². The minimum atomic E-state index is -1.93. The number of hydrogen-bond donors (Lipinski definition) is 1. The molecule has 2 aromatic rings. The molecule has 2 aromatic carbocycles. The predicted octanol–water partition coefficient (Wildman–Crippen LogP) is 11.2. The summed E-state index contributed by atoms with van der Waals surface area (Å²) in [7, 11) is -3.54. The van der Waals surface area contributed by atoms with E-state index in [2.05, 4.69) is 99.6 Å². The van der Waals surface area contributed by atoms with Gasteiger partial charge in [-0.15, -0.1) is 0 Å². The van der Waals surface area contributed by atoms with Crippen LogP contribution >= 0.6 is 31.9 Å². The second-order valence-electron chi connectivity index (χ2n) is 21.0. The van der Waals surface area contributed by atoms with Crippen LogP contribution in [0.4, 0.5) is 0 Å². The van der Waals surface area contributed by atoms with E-state index >= 15 is 0 Å². The minimum Gasteiger partial charge on any atom is -0.623 e. The third kappa shape index (κ3) is 16.9. The van der Waals surface area contributed by atoms with E-state index in [-0.39, 0.29) is 52.6 Å². The molecule has 12 nitrogen and oxygen atoms in total. The van der Waals surface area contributed by atoms with Crippen molar-refractivity contribution in [1.29, 1.82) is 0 Å². The summed E-state index contributed by atoms with van der Waals surface area (Å²) in [5.74, 6) is 2.32. The monoisotopic (exact) mass is 1070 g/mol. The first kappa shape index (κ1) is 55.2. The Hall–Kier alpha value is -2.42. The van der Waals surface area contributed by atoms with Crippen molar-refractivity contribution in [3.63, 3.8) is 0 Å². The van der Waals surface area contributed by atoms with Gasteiger partial charge in [-0.25, -0.2) is 4.74 Å². The molecule has 0 aromatic heterocycles. The number of rotatable bonds is 18. The predicted molar refractivity (Wildman–Crippen MR) is 269 cm³/mol. The van der Waals surface area contributed by atoms with E-state index in [9.17, 15) is 14.8 Å². The lowest BCUT2D eigenvalue weighted by molar-refractivity contribution is -0.469. The van der Waals surface area contributed by atoms with Crippen molar-refractivity contribution in [2.45, 2.75) is 162 Å². The molecule has 364 valence electrons. The molecule has 2 aliphatic heterocycles. The zero-order chi connectivity index (χ0) is 48.5. The number of benzene rings is 2. The van der Waals surface area contributed by atoms with Crippen molar-refractivity contribution in [2.24, 2.45) is 17.8 Å². The summed E-state index contributed by atoms with van der Waals surface area (Å²) in [5.41, 5.74) is 1.78. The lowest BCUT2D eigenvalue weighted by Gasteiger charge is -2.37. The number of carbonyl (C=O) groups is 2. The van der Waals surface area contributed by atoms with Crippen molar-refractivity contribution in [1.82, 2.24) is 5.06 Å². The molecule has 16 heteroatoms. The number of aliphatic hydroxyl groups excluding tert-OH is 1. The number of ether oxygens (including phenoxy) is 3. The summed E-state index contributed by atoms with van der Waals surface area (Å²) in [6.45, 7) is 30.4. The maximum absolute atomic E-state index is 12.7. The van der Waals surface area contributed by atoms with Gasteiger partial charge in [0, 0.05) is 12.5 Å². The minimum absolute atomic E-state index is 0.0461. The summed E-state index contributed by atoms with van der Waals surface area (Å²) >= 11 is 7.07. The van der Waals surface area contributed by atoms with E-state index in [0.717, 1.165) is 38.6 Å². The maximum atomic E-state index is 12.7. The number of nitrogens with zero attached hydrogens (tertiary/aromatic N) is 2. The molecule has 2 heterocycles. The summed E-state index contributed by atoms with van der Waals surface area (Å²) in [4.78, 5) is 30.0. The van der Waals surface area contributed by atoms with Crippen LogP contribution in [0, 0.1) is 23.0 Å². The highest BCUT2D eigenvalue weighted by molar-refractivity contribution is 9.11. The van der Waals surface area contributed by atoms with Gasteiger partial charge in [0.25, 0.3) is 0 Å². The van der Waals surface area contributed by atoms with Crippen LogP contribution in [0.1, 0.15) is 99.1 Å². The molecular formula is C49H76Br2N2O10Si2. The first-order valence-electron chi connectivity index (χ1n) is 23.1. The van der Waals surface area contributed by atoms with Gasteiger partial charge in [0.2, 0.25) is 12.0 Å². The molecule has 0 amide bonds. The molecule has 4 aliphatic rings. The molecule has 0 radical (unpaired) electrons. The highest BCUT2D eigenvalue weighted by atomic mass is 79.9. The van der Waals surface area contributed by atoms with E-state index in [1.54, 1.807) is 18.1 Å². The summed E-state index contributed by atoms with van der Waals surface area (Å²) in [5, 5.41) is 22.8. The number of cyclic esters (lactones) is 1. The smallest absolute Gasteiger partial charge is 0.326 e. The first-order valence-corrected chi connectivity index (χ1v) is 30.5. The van der Waals surface area contributed by atoms with Crippen LogP contribution in [0.2, 0.25) is 36.3 Å². The van der Waals surface area contributed by atoms with E-state index in [1.807, 2.05) is 49.4 Å². The number of esters is 1. The Morgan fingerprint density at radius 3 is 1.89 bits per heavy atom. The van der Waals surface area contributed by atoms with Crippen LogP contribution in [0.15, 0.2) is 57.5 Å². The Bertz CT molecular complexity index is 1960. The van der Waals surface area contributed by atoms with Crippen LogP contribution in [-0.2, 0) is 41.1 Å². The van der Waals surface area contributed by atoms with Crippen LogP contribution in [0.3, 0.4) is 0 Å². The molecule has 0 unspecified atom stereocenters. The average molecular weight is 1070 g/mol. The lowest BCUT2D eigenvalue weighted by Crippen LogP contribution is -2.44. The van der Waals surface area contributed by atoms with Crippen LogP contribution in [0.5, 0.6) is 11.5 Å². The van der Waals surface area contributed by atoms with E-state index in [4.69, 9.17) is 33.0 Å². The van der Waals surface area contributed by atoms with Crippen molar-refractivity contribution in [2.75, 3.05) is 26.4 Å². The van der Waals surface area contributed by atoms with Gasteiger partial charge in [-0.05, 0) is 138 Å². The highest BCUT2D eigenvalue weighted by Crippen LogP contribution is 2.43. The van der Waals surface area contributed by atoms with Crippen LogP contribution < -0.4 is 9.47 Å². The molecular weight excluding hydrogens is 993 g/mol. The van der Waals surface area contributed by atoms with Crippen molar-refractivity contribution >= 4 is 66.5 Å².